The van der Waals surface area contributed by atoms with Gasteiger partial charge in [-0.25, -0.2) is 0 Å². The molecule has 0 saturated carbocycles. The summed E-state index contributed by atoms with van der Waals surface area (Å²) in [5, 5.41) is 7.21. The minimum atomic E-state index is 0.790. The highest BCUT2D eigenvalue weighted by Crippen LogP contribution is 2.32. The van der Waals surface area contributed by atoms with Crippen molar-refractivity contribution < 1.29 is 0 Å². The summed E-state index contributed by atoms with van der Waals surface area (Å²) in [5.41, 5.74) is 13.4. The maximum atomic E-state index is 5.93. The minimum absolute atomic E-state index is 0.790. The summed E-state index contributed by atoms with van der Waals surface area (Å²) in [6, 6.07) is 20.7. The van der Waals surface area contributed by atoms with Crippen LogP contribution in [0.3, 0.4) is 0 Å². The quantitative estimate of drug-likeness (QED) is 0.365. The van der Waals surface area contributed by atoms with Crippen molar-refractivity contribution in [2.45, 2.75) is 0 Å². The summed E-state index contributed by atoms with van der Waals surface area (Å²) < 4.78 is 0. The first-order valence-electron chi connectivity index (χ1n) is 6.62. The van der Waals surface area contributed by atoms with Crippen molar-refractivity contribution in [3.8, 4) is 0 Å². The number of benzene rings is 4. The van der Waals surface area contributed by atoms with Crippen LogP contribution in [-0.4, -0.2) is 0 Å². The molecule has 0 aliphatic carbocycles. The minimum Gasteiger partial charge on any atom is -0.399 e. The highest BCUT2D eigenvalue weighted by molar-refractivity contribution is 6.18. The van der Waals surface area contributed by atoms with Gasteiger partial charge in [0.2, 0.25) is 0 Å². The van der Waals surface area contributed by atoms with Crippen molar-refractivity contribution >= 4 is 43.7 Å². The van der Waals surface area contributed by atoms with Crippen LogP contribution in [0.2, 0.25) is 0 Å². The molecule has 0 aliphatic rings. The molecule has 20 heavy (non-hydrogen) atoms. The Morgan fingerprint density at radius 3 is 1.30 bits per heavy atom. The van der Waals surface area contributed by atoms with Crippen LogP contribution in [0, 0.1) is 0 Å². The van der Waals surface area contributed by atoms with Crippen molar-refractivity contribution in [2.24, 2.45) is 0 Å². The standard InChI is InChI=1S/C18H14N2/c19-13-5-1-11-3-7-16-15(17(11)9-13)8-4-12-2-6-14(20)10-18(12)16/h1-10H,19-20H2. The van der Waals surface area contributed by atoms with Crippen molar-refractivity contribution in [1.82, 2.24) is 0 Å². The first-order valence-corrected chi connectivity index (χ1v) is 6.62. The molecule has 4 aromatic carbocycles. The first-order chi connectivity index (χ1) is 9.72. The largest absolute Gasteiger partial charge is 0.399 e. The summed E-state index contributed by atoms with van der Waals surface area (Å²) in [7, 11) is 0. The molecular formula is C18H14N2. The van der Waals surface area contributed by atoms with E-state index >= 15 is 0 Å². The van der Waals surface area contributed by atoms with Crippen LogP contribution in [0.5, 0.6) is 0 Å². The highest BCUT2D eigenvalue weighted by Gasteiger charge is 2.05. The molecule has 0 aromatic heterocycles. The van der Waals surface area contributed by atoms with Gasteiger partial charge >= 0.3 is 0 Å². The lowest BCUT2D eigenvalue weighted by Crippen LogP contribution is -1.87. The molecule has 4 rings (SSSR count). The normalized spacial score (nSPS) is 11.4. The van der Waals surface area contributed by atoms with Gasteiger partial charge in [-0.15, -0.1) is 0 Å². The van der Waals surface area contributed by atoms with Gasteiger partial charge in [-0.05, 0) is 56.6 Å². The Hall–Kier alpha value is -2.74. The number of nitrogens with two attached hydrogens (primary N) is 2. The number of nitrogen functional groups attached to an aromatic ring is 2. The average Bonchev–Trinajstić information content (AvgIpc) is 2.46. The molecule has 4 N–H and O–H groups in total. The zero-order valence-corrected chi connectivity index (χ0v) is 10.9. The zero-order chi connectivity index (χ0) is 13.7. The van der Waals surface area contributed by atoms with Crippen molar-refractivity contribution in [1.29, 1.82) is 0 Å². The molecule has 4 aromatic rings. The predicted octanol–water partition coefficient (Wildman–Crippen LogP) is 4.31. The Bertz CT molecular complexity index is 890. The number of fused-ring (bicyclic) bond motifs is 5. The van der Waals surface area contributed by atoms with E-state index in [0.717, 1.165) is 11.4 Å². The summed E-state index contributed by atoms with van der Waals surface area (Å²) in [4.78, 5) is 0. The SMILES string of the molecule is Nc1ccc2ccc3c4cc(N)ccc4ccc3c2c1. The van der Waals surface area contributed by atoms with Gasteiger partial charge in [-0.2, -0.15) is 0 Å². The van der Waals surface area contributed by atoms with E-state index in [1.165, 1.54) is 32.3 Å². The van der Waals surface area contributed by atoms with Crippen LogP contribution in [0.15, 0.2) is 60.7 Å². The lowest BCUT2D eigenvalue weighted by atomic mass is 9.96. The van der Waals surface area contributed by atoms with Crippen LogP contribution >= 0.6 is 0 Å². The Morgan fingerprint density at radius 1 is 0.450 bits per heavy atom. The summed E-state index contributed by atoms with van der Waals surface area (Å²) in [6.45, 7) is 0. The molecule has 0 fully saturated rings. The fourth-order valence-corrected chi connectivity index (χ4v) is 2.90. The third-order valence-corrected chi connectivity index (χ3v) is 3.88. The second kappa shape index (κ2) is 3.87. The maximum absolute atomic E-state index is 5.93. The lowest BCUT2D eigenvalue weighted by molar-refractivity contribution is 1.74. The van der Waals surface area contributed by atoms with Crippen molar-refractivity contribution in [3.63, 3.8) is 0 Å². The molecule has 0 amide bonds. The van der Waals surface area contributed by atoms with Gasteiger partial charge in [0.15, 0.2) is 0 Å². The zero-order valence-electron chi connectivity index (χ0n) is 10.9. The van der Waals surface area contributed by atoms with E-state index < -0.39 is 0 Å². The third kappa shape index (κ3) is 1.51. The van der Waals surface area contributed by atoms with Crippen LogP contribution in [0.25, 0.3) is 32.3 Å². The molecule has 0 heterocycles. The molecular weight excluding hydrogens is 244 g/mol. The van der Waals surface area contributed by atoms with Crippen LogP contribution in [-0.2, 0) is 0 Å². The predicted molar refractivity (Wildman–Crippen MR) is 87.8 cm³/mol. The van der Waals surface area contributed by atoms with Crippen molar-refractivity contribution in [2.75, 3.05) is 11.5 Å². The monoisotopic (exact) mass is 258 g/mol. The fraction of sp³-hybridized carbons (Fsp3) is 0. The van der Waals surface area contributed by atoms with Crippen LogP contribution in [0.4, 0.5) is 11.4 Å². The van der Waals surface area contributed by atoms with E-state index in [2.05, 4.69) is 36.4 Å². The van der Waals surface area contributed by atoms with E-state index in [4.69, 9.17) is 11.5 Å². The smallest absolute Gasteiger partial charge is 0.0320 e. The highest BCUT2D eigenvalue weighted by atomic mass is 14.5. The van der Waals surface area contributed by atoms with E-state index in [0.29, 0.717) is 0 Å². The second-order valence-electron chi connectivity index (χ2n) is 5.19. The van der Waals surface area contributed by atoms with Gasteiger partial charge in [0.1, 0.15) is 0 Å². The molecule has 0 spiro atoms. The van der Waals surface area contributed by atoms with Gasteiger partial charge in [-0.3, -0.25) is 0 Å². The average molecular weight is 258 g/mol. The second-order valence-corrected chi connectivity index (χ2v) is 5.19. The maximum Gasteiger partial charge on any atom is 0.0320 e. The Labute approximate surface area is 116 Å². The van der Waals surface area contributed by atoms with E-state index in [-0.39, 0.29) is 0 Å². The Kier molecular flexibility index (Phi) is 2.15. The Morgan fingerprint density at radius 2 is 0.850 bits per heavy atom. The molecule has 0 radical (unpaired) electrons. The number of hydrogen-bond donors (Lipinski definition) is 2. The Balaban J connectivity index is 2.26. The summed E-state index contributed by atoms with van der Waals surface area (Å²) in [5.74, 6) is 0. The van der Waals surface area contributed by atoms with Crippen LogP contribution in [0.1, 0.15) is 0 Å². The number of anilines is 2. The molecule has 2 nitrogen and oxygen atoms in total. The first kappa shape index (κ1) is 11.1. The molecule has 0 atom stereocenters. The van der Waals surface area contributed by atoms with E-state index in [1.54, 1.807) is 0 Å². The fourth-order valence-electron chi connectivity index (χ4n) is 2.90. The summed E-state index contributed by atoms with van der Waals surface area (Å²) in [6.07, 6.45) is 0. The number of hydrogen-bond acceptors (Lipinski definition) is 2. The lowest BCUT2D eigenvalue weighted by Gasteiger charge is -2.08. The van der Waals surface area contributed by atoms with E-state index in [1.807, 2.05) is 24.3 Å². The summed E-state index contributed by atoms with van der Waals surface area (Å²) >= 11 is 0. The van der Waals surface area contributed by atoms with Gasteiger partial charge in [0, 0.05) is 11.4 Å². The topological polar surface area (TPSA) is 52.0 Å². The van der Waals surface area contributed by atoms with Gasteiger partial charge in [0.05, 0.1) is 0 Å². The molecule has 0 saturated heterocycles. The van der Waals surface area contributed by atoms with Gasteiger partial charge in [0.25, 0.3) is 0 Å². The van der Waals surface area contributed by atoms with Crippen LogP contribution < -0.4 is 11.5 Å². The van der Waals surface area contributed by atoms with Crippen molar-refractivity contribution in [3.05, 3.63) is 60.7 Å². The molecule has 0 aliphatic heterocycles. The molecule has 2 heteroatoms. The molecule has 96 valence electrons. The molecule has 0 unspecified atom stereocenters. The molecule has 0 bridgehead atoms. The third-order valence-electron chi connectivity index (χ3n) is 3.88. The van der Waals surface area contributed by atoms with Gasteiger partial charge in [-0.1, -0.05) is 36.4 Å². The van der Waals surface area contributed by atoms with Gasteiger partial charge < -0.3 is 11.5 Å². The van der Waals surface area contributed by atoms with E-state index in [9.17, 15) is 0 Å². The number of rotatable bonds is 0.